The summed E-state index contributed by atoms with van der Waals surface area (Å²) in [6.45, 7) is 3.96. The molecule has 5 nitrogen and oxygen atoms in total. The van der Waals surface area contributed by atoms with Gasteiger partial charge in [0.2, 0.25) is 0 Å². The number of hydrogen-bond donors (Lipinski definition) is 0. The third kappa shape index (κ3) is 2.23. The number of carbonyl (C=O) groups is 1. The molecule has 0 spiro atoms. The van der Waals surface area contributed by atoms with E-state index < -0.39 is 0 Å². The summed E-state index contributed by atoms with van der Waals surface area (Å²) in [5, 5.41) is 7.84. The molecule has 1 fully saturated rings. The molecule has 0 aliphatic heterocycles. The number of ether oxygens (including phenoxy) is 1. The summed E-state index contributed by atoms with van der Waals surface area (Å²) in [4.78, 5) is 10.8. The van der Waals surface area contributed by atoms with E-state index in [1.807, 2.05) is 6.92 Å². The standard InChI is InChI=1S/C10H15N3O2/c1-2-15-6-5-13-10(8-3-4-8)9(7-14)11-12-13/h7-8H,2-6H2,1H3. The van der Waals surface area contributed by atoms with Gasteiger partial charge >= 0.3 is 0 Å². The van der Waals surface area contributed by atoms with E-state index >= 15 is 0 Å². The fourth-order valence-electron chi connectivity index (χ4n) is 1.65. The van der Waals surface area contributed by atoms with Gasteiger partial charge in [-0.05, 0) is 19.8 Å². The lowest BCUT2D eigenvalue weighted by Crippen LogP contribution is -2.10. The molecule has 0 bridgehead atoms. The molecule has 1 aliphatic carbocycles. The second-order valence-electron chi connectivity index (χ2n) is 3.67. The van der Waals surface area contributed by atoms with Crippen molar-refractivity contribution in [3.05, 3.63) is 11.4 Å². The second kappa shape index (κ2) is 4.53. The van der Waals surface area contributed by atoms with Crippen molar-refractivity contribution in [1.29, 1.82) is 0 Å². The van der Waals surface area contributed by atoms with Crippen LogP contribution in [-0.2, 0) is 11.3 Å². The van der Waals surface area contributed by atoms with E-state index in [0.717, 1.165) is 24.8 Å². The predicted molar refractivity (Wildman–Crippen MR) is 53.9 cm³/mol. The maximum absolute atomic E-state index is 10.8. The molecule has 5 heteroatoms. The van der Waals surface area contributed by atoms with Gasteiger partial charge in [0, 0.05) is 12.5 Å². The quantitative estimate of drug-likeness (QED) is 0.518. The highest BCUT2D eigenvalue weighted by Crippen LogP contribution is 2.40. The summed E-state index contributed by atoms with van der Waals surface area (Å²) in [7, 11) is 0. The first-order chi connectivity index (χ1) is 7.36. The largest absolute Gasteiger partial charge is 0.380 e. The fraction of sp³-hybridized carbons (Fsp3) is 0.700. The molecule has 0 radical (unpaired) electrons. The third-order valence-electron chi connectivity index (χ3n) is 2.53. The minimum absolute atomic E-state index is 0.488. The average Bonchev–Trinajstić information content (AvgIpc) is 3.00. The fourth-order valence-corrected chi connectivity index (χ4v) is 1.65. The Hall–Kier alpha value is -1.23. The Bertz CT molecular complexity index is 344. The molecule has 0 aromatic carbocycles. The molecule has 1 heterocycles. The Kier molecular flexibility index (Phi) is 3.11. The van der Waals surface area contributed by atoms with Crippen LogP contribution in [0.25, 0.3) is 0 Å². The third-order valence-corrected chi connectivity index (χ3v) is 2.53. The highest BCUT2D eigenvalue weighted by atomic mass is 16.5. The maximum Gasteiger partial charge on any atom is 0.172 e. The number of aldehydes is 1. The summed E-state index contributed by atoms with van der Waals surface area (Å²) >= 11 is 0. The number of rotatable bonds is 6. The smallest absolute Gasteiger partial charge is 0.172 e. The van der Waals surface area contributed by atoms with Crippen molar-refractivity contribution in [2.75, 3.05) is 13.2 Å². The number of nitrogens with zero attached hydrogens (tertiary/aromatic N) is 3. The Labute approximate surface area is 88.4 Å². The number of hydrogen-bond acceptors (Lipinski definition) is 4. The van der Waals surface area contributed by atoms with Crippen molar-refractivity contribution in [2.24, 2.45) is 0 Å². The summed E-state index contributed by atoms with van der Waals surface area (Å²) < 4.78 is 7.06. The number of aromatic nitrogens is 3. The van der Waals surface area contributed by atoms with E-state index in [9.17, 15) is 4.79 Å². The molecule has 1 aromatic rings. The van der Waals surface area contributed by atoms with Gasteiger partial charge in [-0.2, -0.15) is 0 Å². The lowest BCUT2D eigenvalue weighted by Gasteiger charge is -2.05. The highest BCUT2D eigenvalue weighted by Gasteiger charge is 2.30. The minimum Gasteiger partial charge on any atom is -0.380 e. The maximum atomic E-state index is 10.8. The molecule has 0 amide bonds. The van der Waals surface area contributed by atoms with Crippen LogP contribution in [0.1, 0.15) is 41.9 Å². The Morgan fingerprint density at radius 1 is 1.60 bits per heavy atom. The van der Waals surface area contributed by atoms with Crippen LogP contribution in [0.5, 0.6) is 0 Å². The van der Waals surface area contributed by atoms with Crippen LogP contribution in [0, 0.1) is 0 Å². The van der Waals surface area contributed by atoms with Crippen LogP contribution < -0.4 is 0 Å². The first kappa shape index (κ1) is 10.3. The first-order valence-corrected chi connectivity index (χ1v) is 5.33. The van der Waals surface area contributed by atoms with Gasteiger partial charge in [-0.25, -0.2) is 4.68 Å². The zero-order valence-corrected chi connectivity index (χ0v) is 8.85. The topological polar surface area (TPSA) is 57.0 Å². The zero-order valence-electron chi connectivity index (χ0n) is 8.85. The van der Waals surface area contributed by atoms with E-state index in [2.05, 4.69) is 10.3 Å². The molecule has 0 saturated heterocycles. The van der Waals surface area contributed by atoms with Crippen LogP contribution >= 0.6 is 0 Å². The van der Waals surface area contributed by atoms with Crippen LogP contribution in [-0.4, -0.2) is 34.5 Å². The first-order valence-electron chi connectivity index (χ1n) is 5.33. The normalized spacial score (nSPS) is 15.5. The van der Waals surface area contributed by atoms with Crippen molar-refractivity contribution in [3.63, 3.8) is 0 Å². The van der Waals surface area contributed by atoms with E-state index in [0.29, 0.717) is 31.4 Å². The molecule has 1 aromatic heterocycles. The molecule has 2 rings (SSSR count). The molecule has 82 valence electrons. The van der Waals surface area contributed by atoms with Gasteiger partial charge < -0.3 is 4.74 Å². The summed E-state index contributed by atoms with van der Waals surface area (Å²) in [5.41, 5.74) is 1.48. The van der Waals surface area contributed by atoms with Gasteiger partial charge in [0.25, 0.3) is 0 Å². The highest BCUT2D eigenvalue weighted by molar-refractivity contribution is 5.73. The van der Waals surface area contributed by atoms with Gasteiger partial charge in [0.15, 0.2) is 6.29 Å². The molecule has 0 atom stereocenters. The molecule has 1 saturated carbocycles. The Balaban J connectivity index is 2.08. The van der Waals surface area contributed by atoms with Crippen LogP contribution in [0.4, 0.5) is 0 Å². The summed E-state index contributed by atoms with van der Waals surface area (Å²) in [5.74, 6) is 0.488. The van der Waals surface area contributed by atoms with Gasteiger partial charge in [-0.1, -0.05) is 5.21 Å². The van der Waals surface area contributed by atoms with Crippen molar-refractivity contribution < 1.29 is 9.53 Å². The Morgan fingerprint density at radius 3 is 3.00 bits per heavy atom. The molecule has 0 unspecified atom stereocenters. The molecule has 0 N–H and O–H groups in total. The van der Waals surface area contributed by atoms with Crippen molar-refractivity contribution >= 4 is 6.29 Å². The van der Waals surface area contributed by atoms with Gasteiger partial charge in [-0.3, -0.25) is 4.79 Å². The van der Waals surface area contributed by atoms with Crippen LogP contribution in [0.15, 0.2) is 0 Å². The van der Waals surface area contributed by atoms with E-state index in [1.54, 1.807) is 4.68 Å². The van der Waals surface area contributed by atoms with E-state index in [4.69, 9.17) is 4.74 Å². The monoisotopic (exact) mass is 209 g/mol. The van der Waals surface area contributed by atoms with E-state index in [1.165, 1.54) is 0 Å². The average molecular weight is 209 g/mol. The molecule has 1 aliphatic rings. The predicted octanol–water partition coefficient (Wildman–Crippen LogP) is 1.00. The Morgan fingerprint density at radius 2 is 2.40 bits per heavy atom. The van der Waals surface area contributed by atoms with Gasteiger partial charge in [0.05, 0.1) is 18.8 Å². The molecule has 15 heavy (non-hydrogen) atoms. The van der Waals surface area contributed by atoms with Gasteiger partial charge in [-0.15, -0.1) is 5.10 Å². The lowest BCUT2D eigenvalue weighted by molar-refractivity contribution is 0.111. The van der Waals surface area contributed by atoms with Crippen LogP contribution in [0.3, 0.4) is 0 Å². The second-order valence-corrected chi connectivity index (χ2v) is 3.67. The van der Waals surface area contributed by atoms with Gasteiger partial charge in [0.1, 0.15) is 5.69 Å². The number of carbonyl (C=O) groups excluding carboxylic acids is 1. The molecular weight excluding hydrogens is 194 g/mol. The van der Waals surface area contributed by atoms with Crippen molar-refractivity contribution in [2.45, 2.75) is 32.2 Å². The lowest BCUT2D eigenvalue weighted by atomic mass is 10.2. The summed E-state index contributed by atoms with van der Waals surface area (Å²) in [6, 6.07) is 0. The zero-order chi connectivity index (χ0) is 10.7. The van der Waals surface area contributed by atoms with E-state index in [-0.39, 0.29) is 0 Å². The van der Waals surface area contributed by atoms with Crippen molar-refractivity contribution in [3.8, 4) is 0 Å². The SMILES string of the molecule is CCOCCn1nnc(C=O)c1C1CC1. The molecular formula is C10H15N3O2. The van der Waals surface area contributed by atoms with Crippen LogP contribution in [0.2, 0.25) is 0 Å². The minimum atomic E-state index is 0.488. The van der Waals surface area contributed by atoms with Crippen molar-refractivity contribution in [1.82, 2.24) is 15.0 Å². The summed E-state index contributed by atoms with van der Waals surface area (Å²) in [6.07, 6.45) is 3.07.